The van der Waals surface area contributed by atoms with E-state index in [1.165, 1.54) is 19.4 Å². The largest absolute Gasteiger partial charge is 0.314 e. The average molecular weight is 197 g/mol. The highest BCUT2D eigenvalue weighted by Crippen LogP contribution is 2.32. The van der Waals surface area contributed by atoms with Crippen molar-refractivity contribution in [3.63, 3.8) is 0 Å². The summed E-state index contributed by atoms with van der Waals surface area (Å²) in [5, 5.41) is 3.71. The topological polar surface area (TPSA) is 12.0 Å². The van der Waals surface area contributed by atoms with Gasteiger partial charge in [-0.05, 0) is 50.0 Å². The minimum atomic E-state index is 0.745. The van der Waals surface area contributed by atoms with E-state index in [1.54, 1.807) is 0 Å². The minimum absolute atomic E-state index is 0.745. The Morgan fingerprint density at radius 1 is 1.00 bits per heavy atom. The first-order valence-electron chi connectivity index (χ1n) is 6.25. The molecule has 0 radical (unpaired) electrons. The lowest BCUT2D eigenvalue weighted by Gasteiger charge is -2.27. The van der Waals surface area contributed by atoms with Crippen LogP contribution in [0.25, 0.3) is 0 Å². The van der Waals surface area contributed by atoms with Crippen LogP contribution in [0.3, 0.4) is 0 Å². The van der Waals surface area contributed by atoms with Crippen LogP contribution in [0.15, 0.2) is 0 Å². The van der Waals surface area contributed by atoms with E-state index < -0.39 is 0 Å². The third kappa shape index (κ3) is 3.61. The zero-order valence-corrected chi connectivity index (χ0v) is 10.5. The van der Waals surface area contributed by atoms with Gasteiger partial charge in [0.05, 0.1) is 0 Å². The van der Waals surface area contributed by atoms with Gasteiger partial charge < -0.3 is 5.32 Å². The van der Waals surface area contributed by atoms with Gasteiger partial charge in [0.15, 0.2) is 0 Å². The van der Waals surface area contributed by atoms with E-state index >= 15 is 0 Å². The smallest absolute Gasteiger partial charge is 0.00671 e. The van der Waals surface area contributed by atoms with Crippen molar-refractivity contribution in [1.82, 2.24) is 5.32 Å². The predicted molar refractivity (Wildman–Crippen MR) is 63.4 cm³/mol. The number of nitrogens with one attached hydrogen (secondary N) is 1. The van der Waals surface area contributed by atoms with E-state index in [9.17, 15) is 0 Å². The second-order valence-corrected chi connectivity index (χ2v) is 5.69. The molecule has 0 aromatic carbocycles. The summed E-state index contributed by atoms with van der Waals surface area (Å²) in [6.45, 7) is 12.9. The van der Waals surface area contributed by atoms with Crippen LogP contribution in [0.1, 0.15) is 47.5 Å². The molecule has 1 heteroatoms. The van der Waals surface area contributed by atoms with Crippen molar-refractivity contribution < 1.29 is 0 Å². The molecule has 1 unspecified atom stereocenters. The molecule has 0 aromatic rings. The summed E-state index contributed by atoms with van der Waals surface area (Å²) in [5.74, 6) is 3.41. The molecule has 84 valence electrons. The van der Waals surface area contributed by atoms with Crippen molar-refractivity contribution in [3.05, 3.63) is 0 Å². The molecule has 0 spiro atoms. The number of hydrogen-bond donors (Lipinski definition) is 1. The lowest BCUT2D eigenvalue weighted by Crippen LogP contribution is -2.36. The van der Waals surface area contributed by atoms with Crippen molar-refractivity contribution >= 4 is 0 Å². The van der Waals surface area contributed by atoms with Crippen LogP contribution in [0.4, 0.5) is 0 Å². The maximum atomic E-state index is 3.71. The molecule has 0 heterocycles. The fourth-order valence-corrected chi connectivity index (χ4v) is 2.33. The lowest BCUT2D eigenvalue weighted by atomic mass is 9.85. The molecule has 1 aliphatic carbocycles. The summed E-state index contributed by atoms with van der Waals surface area (Å²) in [5.41, 5.74) is 0. The Morgan fingerprint density at radius 3 is 1.86 bits per heavy atom. The SMILES string of the molecule is CC(C)C(CNC(C)C1CC1)C(C)C. The van der Waals surface area contributed by atoms with Gasteiger partial charge in [-0.3, -0.25) is 0 Å². The molecule has 1 rings (SSSR count). The van der Waals surface area contributed by atoms with Crippen molar-refractivity contribution in [2.75, 3.05) is 6.54 Å². The minimum Gasteiger partial charge on any atom is -0.314 e. The van der Waals surface area contributed by atoms with Crippen molar-refractivity contribution in [1.29, 1.82) is 0 Å². The summed E-state index contributed by atoms with van der Waals surface area (Å²) < 4.78 is 0. The van der Waals surface area contributed by atoms with Crippen molar-refractivity contribution in [2.45, 2.75) is 53.5 Å². The van der Waals surface area contributed by atoms with Gasteiger partial charge in [-0.2, -0.15) is 0 Å². The van der Waals surface area contributed by atoms with E-state index in [1.807, 2.05) is 0 Å². The second kappa shape index (κ2) is 5.16. The van der Waals surface area contributed by atoms with Gasteiger partial charge in [0.2, 0.25) is 0 Å². The van der Waals surface area contributed by atoms with Crippen molar-refractivity contribution in [3.8, 4) is 0 Å². The third-order valence-corrected chi connectivity index (χ3v) is 3.72. The van der Waals surface area contributed by atoms with Gasteiger partial charge in [-0.25, -0.2) is 0 Å². The molecule has 1 aliphatic rings. The molecule has 0 aliphatic heterocycles. The Bertz CT molecular complexity index is 151. The summed E-state index contributed by atoms with van der Waals surface area (Å²) in [6.07, 6.45) is 2.89. The van der Waals surface area contributed by atoms with E-state index in [0.29, 0.717) is 0 Å². The number of rotatable bonds is 6. The molecule has 0 saturated heterocycles. The van der Waals surface area contributed by atoms with E-state index in [-0.39, 0.29) is 0 Å². The molecule has 1 N–H and O–H groups in total. The zero-order valence-electron chi connectivity index (χ0n) is 10.5. The van der Waals surface area contributed by atoms with Crippen LogP contribution < -0.4 is 5.32 Å². The highest BCUT2D eigenvalue weighted by molar-refractivity contribution is 4.84. The summed E-state index contributed by atoms with van der Waals surface area (Å²) >= 11 is 0. The molecule has 0 amide bonds. The Balaban J connectivity index is 2.24. The predicted octanol–water partition coefficient (Wildman–Crippen LogP) is 3.30. The summed E-state index contributed by atoms with van der Waals surface area (Å²) in [4.78, 5) is 0. The molecule has 0 aromatic heterocycles. The van der Waals surface area contributed by atoms with Gasteiger partial charge in [0, 0.05) is 6.04 Å². The Kier molecular flexibility index (Phi) is 4.43. The van der Waals surface area contributed by atoms with E-state index in [4.69, 9.17) is 0 Å². The molecule has 14 heavy (non-hydrogen) atoms. The van der Waals surface area contributed by atoms with Gasteiger partial charge in [-0.15, -0.1) is 0 Å². The van der Waals surface area contributed by atoms with Crippen LogP contribution in [-0.2, 0) is 0 Å². The zero-order chi connectivity index (χ0) is 10.7. The Hall–Kier alpha value is -0.0400. The fourth-order valence-electron chi connectivity index (χ4n) is 2.33. The Morgan fingerprint density at radius 2 is 1.50 bits per heavy atom. The molecular formula is C13H27N. The normalized spacial score (nSPS) is 19.7. The van der Waals surface area contributed by atoms with E-state index in [0.717, 1.165) is 29.7 Å². The molecule has 0 bridgehead atoms. The van der Waals surface area contributed by atoms with Crippen molar-refractivity contribution in [2.24, 2.45) is 23.7 Å². The van der Waals surface area contributed by atoms with Gasteiger partial charge in [-0.1, -0.05) is 27.7 Å². The van der Waals surface area contributed by atoms with Gasteiger partial charge in [0.1, 0.15) is 0 Å². The maximum Gasteiger partial charge on any atom is 0.00671 e. The standard InChI is InChI=1S/C13H27N/c1-9(2)13(10(3)4)8-14-11(5)12-6-7-12/h9-14H,6-8H2,1-5H3. The average Bonchev–Trinajstić information content (AvgIpc) is 2.84. The maximum absolute atomic E-state index is 3.71. The fraction of sp³-hybridized carbons (Fsp3) is 1.00. The monoisotopic (exact) mass is 197 g/mol. The van der Waals surface area contributed by atoms with Crippen LogP contribution in [-0.4, -0.2) is 12.6 Å². The van der Waals surface area contributed by atoms with Crippen LogP contribution in [0.5, 0.6) is 0 Å². The van der Waals surface area contributed by atoms with Crippen LogP contribution in [0.2, 0.25) is 0 Å². The van der Waals surface area contributed by atoms with Crippen LogP contribution in [0, 0.1) is 23.7 Å². The molecule has 1 atom stereocenters. The molecule has 1 fully saturated rings. The summed E-state index contributed by atoms with van der Waals surface area (Å²) in [6, 6.07) is 0.745. The summed E-state index contributed by atoms with van der Waals surface area (Å²) in [7, 11) is 0. The first-order valence-corrected chi connectivity index (χ1v) is 6.25. The van der Waals surface area contributed by atoms with Gasteiger partial charge >= 0.3 is 0 Å². The first kappa shape index (κ1) is 12.0. The highest BCUT2D eigenvalue weighted by Gasteiger charge is 2.28. The second-order valence-electron chi connectivity index (χ2n) is 5.69. The lowest BCUT2D eigenvalue weighted by molar-refractivity contribution is 0.263. The first-order chi connectivity index (χ1) is 6.52. The quantitative estimate of drug-likeness (QED) is 0.689. The van der Waals surface area contributed by atoms with E-state index in [2.05, 4.69) is 39.9 Å². The van der Waals surface area contributed by atoms with Gasteiger partial charge in [0.25, 0.3) is 0 Å². The Labute approximate surface area is 89.7 Å². The molecule has 1 nitrogen and oxygen atoms in total. The molecule has 1 saturated carbocycles. The highest BCUT2D eigenvalue weighted by atomic mass is 14.9. The number of hydrogen-bond acceptors (Lipinski definition) is 1. The van der Waals surface area contributed by atoms with Crippen LogP contribution >= 0.6 is 0 Å². The molecular weight excluding hydrogens is 170 g/mol. The third-order valence-electron chi connectivity index (χ3n) is 3.72.